The Morgan fingerprint density at radius 1 is 0.550 bits per heavy atom. The molecule has 0 aromatic carbocycles. The standard InChI is InChI=1S/C6F13P/c7-1(3(9)10)5(13,14)20(17,18,19)6(15,16)2(8)4(11)12. The molecular formula is C6F13P. The van der Waals surface area contributed by atoms with Gasteiger partial charge >= 0.3 is 99.2 Å². The normalized spacial score (nSPS) is 15.3. The Morgan fingerprint density at radius 3 is 0.900 bits per heavy atom. The number of hydrogen-bond donors (Lipinski definition) is 0. The third-order valence-corrected chi connectivity index (χ3v) is 4.01. The average molecular weight is 350 g/mol. The zero-order valence-corrected chi connectivity index (χ0v) is 9.26. The van der Waals surface area contributed by atoms with Crippen LogP contribution in [0.15, 0.2) is 23.8 Å². The molecule has 0 saturated carbocycles. The molecule has 0 fully saturated rings. The first-order valence-electron chi connectivity index (χ1n) is 3.84. The van der Waals surface area contributed by atoms with Crippen molar-refractivity contribution in [3.8, 4) is 0 Å². The molecule has 120 valence electrons. The van der Waals surface area contributed by atoms with Crippen LogP contribution in [-0.2, 0) is 0 Å². The molecule has 0 aliphatic heterocycles. The van der Waals surface area contributed by atoms with Crippen LogP contribution >= 0.6 is 7.54 Å². The minimum atomic E-state index is -10.9. The van der Waals surface area contributed by atoms with Gasteiger partial charge in [-0.1, -0.05) is 0 Å². The van der Waals surface area contributed by atoms with Crippen molar-refractivity contribution in [1.82, 2.24) is 0 Å². The molecule has 0 atom stereocenters. The molecule has 20 heavy (non-hydrogen) atoms. The first-order valence-corrected chi connectivity index (χ1v) is 5.75. The molecule has 0 heterocycles. The van der Waals surface area contributed by atoms with Crippen LogP contribution in [0.4, 0.5) is 56.5 Å². The third kappa shape index (κ3) is 2.35. The number of rotatable bonds is 4. The SMILES string of the molecule is FC(F)=C(F)C(F)(F)P(F)(F)(F)C(F)(F)C(F)=C(F)F. The van der Waals surface area contributed by atoms with Crippen LogP contribution in [-0.4, -0.2) is 11.3 Å². The van der Waals surface area contributed by atoms with E-state index in [1.54, 1.807) is 0 Å². The molecule has 0 aromatic heterocycles. The van der Waals surface area contributed by atoms with Crippen molar-refractivity contribution in [3.05, 3.63) is 23.8 Å². The number of halogens is 13. The molecule has 0 N–H and O–H groups in total. The number of alkyl halides is 4. The van der Waals surface area contributed by atoms with Gasteiger partial charge in [-0.2, -0.15) is 0 Å². The zero-order chi connectivity index (χ0) is 16.8. The first-order chi connectivity index (χ1) is 8.50. The van der Waals surface area contributed by atoms with E-state index in [2.05, 4.69) is 0 Å². The molecule has 0 rings (SSSR count). The van der Waals surface area contributed by atoms with E-state index in [1.165, 1.54) is 0 Å². The van der Waals surface area contributed by atoms with Crippen LogP contribution in [0, 0.1) is 0 Å². The van der Waals surface area contributed by atoms with Crippen LogP contribution in [0.25, 0.3) is 0 Å². The van der Waals surface area contributed by atoms with Crippen molar-refractivity contribution in [1.29, 1.82) is 0 Å². The Bertz CT molecular complexity index is 417. The van der Waals surface area contributed by atoms with Crippen molar-refractivity contribution in [3.63, 3.8) is 0 Å². The van der Waals surface area contributed by atoms with Gasteiger partial charge in [-0.15, -0.1) is 0 Å². The fourth-order valence-corrected chi connectivity index (χ4v) is 1.89. The second-order valence-electron chi connectivity index (χ2n) is 3.04. The van der Waals surface area contributed by atoms with Crippen molar-refractivity contribution in [2.75, 3.05) is 0 Å². The summed E-state index contributed by atoms with van der Waals surface area (Å²) in [4.78, 5) is 0. The summed E-state index contributed by atoms with van der Waals surface area (Å²) in [5.74, 6) is -9.23. The summed E-state index contributed by atoms with van der Waals surface area (Å²) in [6, 6.07) is 0. The summed E-state index contributed by atoms with van der Waals surface area (Å²) in [6.07, 6.45) is -8.62. The van der Waals surface area contributed by atoms with Crippen molar-refractivity contribution < 1.29 is 56.5 Å². The molecule has 0 unspecified atom stereocenters. The van der Waals surface area contributed by atoms with E-state index in [4.69, 9.17) is 0 Å². The van der Waals surface area contributed by atoms with Gasteiger partial charge in [0.15, 0.2) is 0 Å². The summed E-state index contributed by atoms with van der Waals surface area (Å²) >= 11 is 0. The molecule has 14 heteroatoms. The predicted octanol–water partition coefficient (Wildman–Crippen LogP) is 6.53. The zero-order valence-electron chi connectivity index (χ0n) is 8.36. The molecule has 0 amide bonds. The van der Waals surface area contributed by atoms with Crippen molar-refractivity contribution >= 4 is 7.54 Å². The maximum absolute atomic E-state index is 12.6. The minimum absolute atomic E-state index is 4.31. The number of hydrogen-bond acceptors (Lipinski definition) is 0. The molecule has 0 aliphatic carbocycles. The van der Waals surface area contributed by atoms with Gasteiger partial charge < -0.3 is 0 Å². The van der Waals surface area contributed by atoms with E-state index in [0.717, 1.165) is 0 Å². The van der Waals surface area contributed by atoms with Gasteiger partial charge in [-0.05, 0) is 0 Å². The van der Waals surface area contributed by atoms with Crippen LogP contribution in [0.3, 0.4) is 0 Å². The Balaban J connectivity index is 6.44. The first kappa shape index (κ1) is 19.0. The predicted molar refractivity (Wildman–Crippen MR) is 40.8 cm³/mol. The summed E-state index contributed by atoms with van der Waals surface area (Å²) in [7, 11) is -10.9. The molecular weight excluding hydrogens is 350 g/mol. The van der Waals surface area contributed by atoms with Crippen molar-refractivity contribution in [2.45, 2.75) is 11.3 Å². The molecule has 0 saturated heterocycles. The second-order valence-corrected chi connectivity index (χ2v) is 5.79. The van der Waals surface area contributed by atoms with Gasteiger partial charge in [0.2, 0.25) is 0 Å². The van der Waals surface area contributed by atoms with E-state index < -0.39 is 42.7 Å². The van der Waals surface area contributed by atoms with E-state index in [-0.39, 0.29) is 0 Å². The van der Waals surface area contributed by atoms with Gasteiger partial charge in [0, 0.05) is 0 Å². The van der Waals surface area contributed by atoms with Crippen molar-refractivity contribution in [2.24, 2.45) is 0 Å². The summed E-state index contributed by atoms with van der Waals surface area (Å²) in [6.45, 7) is 0. The Morgan fingerprint density at radius 2 is 0.750 bits per heavy atom. The Labute approximate surface area is 100 Å². The fraction of sp³-hybridized carbons (Fsp3) is 0.333. The van der Waals surface area contributed by atoms with Crippen LogP contribution in [0.5, 0.6) is 0 Å². The van der Waals surface area contributed by atoms with E-state index in [9.17, 15) is 56.5 Å². The van der Waals surface area contributed by atoms with E-state index >= 15 is 0 Å². The molecule has 0 radical (unpaired) electrons. The van der Waals surface area contributed by atoms with Crippen LogP contribution in [0.2, 0.25) is 0 Å². The monoisotopic (exact) mass is 350 g/mol. The van der Waals surface area contributed by atoms with Gasteiger partial charge in [0.05, 0.1) is 0 Å². The van der Waals surface area contributed by atoms with Gasteiger partial charge in [-0.25, -0.2) is 0 Å². The molecule has 0 nitrogen and oxygen atoms in total. The molecule has 0 aliphatic rings. The second kappa shape index (κ2) is 4.78. The third-order valence-electron chi connectivity index (χ3n) is 1.78. The quantitative estimate of drug-likeness (QED) is 0.399. The Hall–Kier alpha value is -1.00. The fourth-order valence-electron chi connectivity index (χ4n) is 0.724. The Kier molecular flexibility index (Phi) is 4.54. The van der Waals surface area contributed by atoms with E-state index in [1.807, 2.05) is 0 Å². The topological polar surface area (TPSA) is 0 Å². The molecule has 0 bridgehead atoms. The van der Waals surface area contributed by atoms with Gasteiger partial charge in [-0.3, -0.25) is 0 Å². The number of allylic oxidation sites excluding steroid dienone is 2. The molecule has 0 aromatic rings. The molecule has 0 spiro atoms. The van der Waals surface area contributed by atoms with Crippen LogP contribution < -0.4 is 0 Å². The van der Waals surface area contributed by atoms with E-state index in [0.29, 0.717) is 0 Å². The average Bonchev–Trinajstić information content (AvgIpc) is 2.24. The van der Waals surface area contributed by atoms with Crippen LogP contribution in [0.1, 0.15) is 0 Å². The summed E-state index contributed by atoms with van der Waals surface area (Å²) in [5, 5.41) is 0. The maximum atomic E-state index is 12.6. The summed E-state index contributed by atoms with van der Waals surface area (Å²) < 4.78 is 158. The van der Waals surface area contributed by atoms with Gasteiger partial charge in [0.25, 0.3) is 0 Å². The van der Waals surface area contributed by atoms with Gasteiger partial charge in [0.1, 0.15) is 0 Å². The summed E-state index contributed by atoms with van der Waals surface area (Å²) in [5.41, 5.74) is -15.0.